The summed E-state index contributed by atoms with van der Waals surface area (Å²) in [6.45, 7) is 3.43. The molecule has 2 aromatic carbocycles. The first kappa shape index (κ1) is 16.5. The van der Waals surface area contributed by atoms with Crippen LogP contribution in [0, 0.1) is 0 Å². The number of esters is 1. The standard InChI is InChI=1S/C19H19NO3/c1-3-23-19(22)17(15-10-6-4-7-11-15)18(20-14(2)21)16-12-8-5-9-13-16/h4-13H,3H2,1-2H3,(H,20,21)/b18-17+. The smallest absolute Gasteiger partial charge is 0.340 e. The van der Waals surface area contributed by atoms with E-state index in [1.165, 1.54) is 6.92 Å². The highest BCUT2D eigenvalue weighted by Crippen LogP contribution is 2.26. The molecule has 0 heterocycles. The summed E-state index contributed by atoms with van der Waals surface area (Å²) in [6.07, 6.45) is 0. The summed E-state index contributed by atoms with van der Waals surface area (Å²) in [5.74, 6) is -0.715. The quantitative estimate of drug-likeness (QED) is 0.524. The molecule has 0 aliphatic carbocycles. The van der Waals surface area contributed by atoms with Gasteiger partial charge < -0.3 is 10.1 Å². The van der Waals surface area contributed by atoms with Gasteiger partial charge >= 0.3 is 5.97 Å². The Hall–Kier alpha value is -2.88. The summed E-state index contributed by atoms with van der Waals surface area (Å²) < 4.78 is 5.19. The molecule has 0 aliphatic heterocycles. The minimum Gasteiger partial charge on any atom is -0.462 e. The maximum absolute atomic E-state index is 12.5. The maximum Gasteiger partial charge on any atom is 0.340 e. The molecule has 0 radical (unpaired) electrons. The van der Waals surface area contributed by atoms with E-state index in [1.54, 1.807) is 6.92 Å². The average molecular weight is 309 g/mol. The van der Waals surface area contributed by atoms with Crippen LogP contribution in [-0.2, 0) is 14.3 Å². The van der Waals surface area contributed by atoms with E-state index >= 15 is 0 Å². The van der Waals surface area contributed by atoms with E-state index in [4.69, 9.17) is 4.74 Å². The van der Waals surface area contributed by atoms with Gasteiger partial charge in [0.25, 0.3) is 0 Å². The van der Waals surface area contributed by atoms with Crippen molar-refractivity contribution in [2.24, 2.45) is 0 Å². The first-order valence-corrected chi connectivity index (χ1v) is 7.43. The van der Waals surface area contributed by atoms with Crippen molar-refractivity contribution in [2.75, 3.05) is 6.61 Å². The summed E-state index contributed by atoms with van der Waals surface area (Å²) >= 11 is 0. The molecule has 0 spiro atoms. The second-order valence-corrected chi connectivity index (χ2v) is 4.88. The topological polar surface area (TPSA) is 55.4 Å². The van der Waals surface area contributed by atoms with Gasteiger partial charge in [0, 0.05) is 6.92 Å². The van der Waals surface area contributed by atoms with Gasteiger partial charge in [-0.3, -0.25) is 4.79 Å². The third kappa shape index (κ3) is 4.30. The van der Waals surface area contributed by atoms with E-state index in [1.807, 2.05) is 60.7 Å². The number of amides is 1. The van der Waals surface area contributed by atoms with Crippen LogP contribution in [0.15, 0.2) is 60.7 Å². The number of ether oxygens (including phenoxy) is 1. The summed E-state index contributed by atoms with van der Waals surface area (Å²) in [5.41, 5.74) is 2.23. The molecule has 0 aromatic heterocycles. The van der Waals surface area contributed by atoms with Crippen molar-refractivity contribution >= 4 is 23.1 Å². The lowest BCUT2D eigenvalue weighted by molar-refractivity contribution is -0.136. The van der Waals surface area contributed by atoms with Gasteiger partial charge in [-0.25, -0.2) is 4.79 Å². The second-order valence-electron chi connectivity index (χ2n) is 4.88. The molecule has 0 aliphatic rings. The number of benzene rings is 2. The van der Waals surface area contributed by atoms with Crippen molar-refractivity contribution in [3.05, 3.63) is 71.8 Å². The lowest BCUT2D eigenvalue weighted by atomic mass is 9.99. The number of hydrogen-bond donors (Lipinski definition) is 1. The summed E-state index contributed by atoms with van der Waals surface area (Å²) in [4.78, 5) is 24.2. The fraction of sp³-hybridized carbons (Fsp3) is 0.158. The monoisotopic (exact) mass is 309 g/mol. The third-order valence-electron chi connectivity index (χ3n) is 3.16. The van der Waals surface area contributed by atoms with Gasteiger partial charge in [0.1, 0.15) is 0 Å². The normalized spacial score (nSPS) is 11.4. The highest BCUT2D eigenvalue weighted by Gasteiger charge is 2.21. The van der Waals surface area contributed by atoms with E-state index in [0.717, 1.165) is 5.56 Å². The molecule has 4 heteroatoms. The van der Waals surface area contributed by atoms with Crippen LogP contribution < -0.4 is 5.32 Å². The van der Waals surface area contributed by atoms with Gasteiger partial charge in [-0.1, -0.05) is 60.7 Å². The highest BCUT2D eigenvalue weighted by molar-refractivity contribution is 6.25. The van der Waals surface area contributed by atoms with E-state index < -0.39 is 5.97 Å². The predicted octanol–water partition coefficient (Wildman–Crippen LogP) is 3.25. The van der Waals surface area contributed by atoms with Crippen molar-refractivity contribution in [2.45, 2.75) is 13.8 Å². The minimum absolute atomic E-state index is 0.249. The molecule has 0 unspecified atom stereocenters. The van der Waals surface area contributed by atoms with Gasteiger partial charge in [-0.05, 0) is 18.1 Å². The molecule has 1 amide bonds. The molecule has 4 nitrogen and oxygen atoms in total. The van der Waals surface area contributed by atoms with Crippen LogP contribution in [0.25, 0.3) is 11.3 Å². The van der Waals surface area contributed by atoms with Crippen molar-refractivity contribution in [3.8, 4) is 0 Å². The Kier molecular flexibility index (Phi) is 5.69. The first-order chi connectivity index (χ1) is 11.1. The van der Waals surface area contributed by atoms with Crippen molar-refractivity contribution in [1.82, 2.24) is 5.32 Å². The fourth-order valence-corrected chi connectivity index (χ4v) is 2.23. The Morgan fingerprint density at radius 2 is 1.43 bits per heavy atom. The van der Waals surface area contributed by atoms with Gasteiger partial charge in [-0.2, -0.15) is 0 Å². The first-order valence-electron chi connectivity index (χ1n) is 7.43. The lowest BCUT2D eigenvalue weighted by Gasteiger charge is -2.15. The molecule has 0 saturated heterocycles. The Morgan fingerprint density at radius 3 is 1.91 bits per heavy atom. The van der Waals surface area contributed by atoms with Crippen LogP contribution in [-0.4, -0.2) is 18.5 Å². The molecule has 23 heavy (non-hydrogen) atoms. The third-order valence-corrected chi connectivity index (χ3v) is 3.16. The molecule has 118 valence electrons. The molecule has 2 aromatic rings. The second kappa shape index (κ2) is 7.94. The number of rotatable bonds is 5. The summed E-state index contributed by atoms with van der Waals surface area (Å²) in [5, 5.41) is 2.77. The van der Waals surface area contributed by atoms with E-state index in [2.05, 4.69) is 5.32 Å². The van der Waals surface area contributed by atoms with Crippen LogP contribution in [0.3, 0.4) is 0 Å². The zero-order valence-electron chi connectivity index (χ0n) is 13.2. The molecule has 0 saturated carbocycles. The van der Waals surface area contributed by atoms with Crippen molar-refractivity contribution in [1.29, 1.82) is 0 Å². The number of carbonyl (C=O) groups is 2. The van der Waals surface area contributed by atoms with Crippen LogP contribution in [0.4, 0.5) is 0 Å². The molecular weight excluding hydrogens is 290 g/mol. The molecule has 2 rings (SSSR count). The Bertz CT molecular complexity index is 706. The Morgan fingerprint density at radius 1 is 0.913 bits per heavy atom. The minimum atomic E-state index is -0.466. The largest absolute Gasteiger partial charge is 0.462 e. The SMILES string of the molecule is CCOC(=O)/C(=C(/NC(C)=O)c1ccccc1)c1ccccc1. The van der Waals surface area contributed by atoms with Gasteiger partial charge in [0.2, 0.25) is 5.91 Å². The zero-order valence-corrected chi connectivity index (χ0v) is 13.2. The highest BCUT2D eigenvalue weighted by atomic mass is 16.5. The van der Waals surface area contributed by atoms with E-state index in [0.29, 0.717) is 16.8 Å². The van der Waals surface area contributed by atoms with Crippen molar-refractivity contribution in [3.63, 3.8) is 0 Å². The van der Waals surface area contributed by atoms with E-state index in [9.17, 15) is 9.59 Å². The maximum atomic E-state index is 12.5. The average Bonchev–Trinajstić information content (AvgIpc) is 2.56. The lowest BCUT2D eigenvalue weighted by Crippen LogP contribution is -2.22. The summed E-state index contributed by atoms with van der Waals surface area (Å²) in [7, 11) is 0. The van der Waals surface area contributed by atoms with Crippen molar-refractivity contribution < 1.29 is 14.3 Å². The van der Waals surface area contributed by atoms with Crippen LogP contribution in [0.2, 0.25) is 0 Å². The molecule has 0 bridgehead atoms. The number of carbonyl (C=O) groups excluding carboxylic acids is 2. The van der Waals surface area contributed by atoms with Crippen LogP contribution in [0.1, 0.15) is 25.0 Å². The fourth-order valence-electron chi connectivity index (χ4n) is 2.23. The van der Waals surface area contributed by atoms with Gasteiger partial charge in [-0.15, -0.1) is 0 Å². The van der Waals surface area contributed by atoms with Crippen LogP contribution in [0.5, 0.6) is 0 Å². The zero-order chi connectivity index (χ0) is 16.7. The molecule has 0 atom stereocenters. The van der Waals surface area contributed by atoms with Gasteiger partial charge in [0.05, 0.1) is 17.9 Å². The predicted molar refractivity (Wildman–Crippen MR) is 90.1 cm³/mol. The van der Waals surface area contributed by atoms with E-state index in [-0.39, 0.29) is 12.5 Å². The Balaban J connectivity index is 2.68. The summed E-state index contributed by atoms with van der Waals surface area (Å²) in [6, 6.07) is 18.4. The Labute approximate surface area is 135 Å². The molecular formula is C19H19NO3. The molecule has 1 N–H and O–H groups in total. The van der Waals surface area contributed by atoms with Gasteiger partial charge in [0.15, 0.2) is 0 Å². The number of nitrogens with one attached hydrogen (secondary N) is 1. The number of hydrogen-bond acceptors (Lipinski definition) is 3. The molecule has 0 fully saturated rings. The van der Waals surface area contributed by atoms with Crippen LogP contribution >= 0.6 is 0 Å².